The smallest absolute Gasteiger partial charge is 0.131 e. The van der Waals surface area contributed by atoms with Crippen molar-refractivity contribution < 1.29 is 9.47 Å². The molecule has 0 saturated heterocycles. The van der Waals surface area contributed by atoms with E-state index in [2.05, 4.69) is 46.3 Å². The zero-order valence-corrected chi connectivity index (χ0v) is 14.0. The van der Waals surface area contributed by atoms with Gasteiger partial charge in [0.15, 0.2) is 0 Å². The van der Waals surface area contributed by atoms with E-state index in [4.69, 9.17) is 9.47 Å². The lowest BCUT2D eigenvalue weighted by Crippen LogP contribution is -2.05. The fraction of sp³-hybridized carbons (Fsp3) is 0.100. The van der Waals surface area contributed by atoms with Gasteiger partial charge in [-0.3, -0.25) is 0 Å². The van der Waals surface area contributed by atoms with E-state index in [0.29, 0.717) is 13.2 Å². The number of benzene rings is 3. The van der Waals surface area contributed by atoms with Crippen LogP contribution >= 0.6 is 15.9 Å². The molecule has 0 saturated carbocycles. The summed E-state index contributed by atoms with van der Waals surface area (Å²) < 4.78 is 12.8. The average Bonchev–Trinajstić information content (AvgIpc) is 2.60. The minimum atomic E-state index is 0.557. The monoisotopic (exact) mass is 366 g/mol. The first-order valence-corrected chi connectivity index (χ1v) is 8.31. The Morgan fingerprint density at radius 3 is 2.65 bits per heavy atom. The van der Waals surface area contributed by atoms with Crippen molar-refractivity contribution in [2.75, 3.05) is 0 Å². The molecule has 4 rings (SSSR count). The summed E-state index contributed by atoms with van der Waals surface area (Å²) in [6, 6.07) is 22.5. The second-order valence-electron chi connectivity index (χ2n) is 5.52. The maximum absolute atomic E-state index is 5.89. The van der Waals surface area contributed by atoms with Crippen LogP contribution in [0.3, 0.4) is 0 Å². The molecular weight excluding hydrogens is 352 g/mol. The van der Waals surface area contributed by atoms with Crippen LogP contribution in [-0.4, -0.2) is 0 Å². The van der Waals surface area contributed by atoms with Crippen molar-refractivity contribution in [2.24, 2.45) is 0 Å². The Morgan fingerprint density at radius 1 is 0.913 bits per heavy atom. The molecule has 3 heteroatoms. The Kier molecular flexibility index (Phi) is 3.80. The number of fused-ring (bicyclic) bond motifs is 3. The van der Waals surface area contributed by atoms with E-state index < -0.39 is 0 Å². The molecule has 0 amide bonds. The summed E-state index contributed by atoms with van der Waals surface area (Å²) in [6.45, 7) is 1.15. The van der Waals surface area contributed by atoms with Crippen LogP contribution in [0.4, 0.5) is 0 Å². The number of halogens is 1. The average molecular weight is 367 g/mol. The van der Waals surface area contributed by atoms with Crippen LogP contribution < -0.4 is 9.47 Å². The third kappa shape index (κ3) is 2.97. The van der Waals surface area contributed by atoms with Gasteiger partial charge in [0.05, 0.1) is 0 Å². The molecule has 1 aliphatic heterocycles. The van der Waals surface area contributed by atoms with E-state index in [1.807, 2.05) is 36.4 Å². The minimum Gasteiger partial charge on any atom is -0.489 e. The molecule has 0 bridgehead atoms. The first kappa shape index (κ1) is 14.3. The quantitative estimate of drug-likeness (QED) is 0.601. The van der Waals surface area contributed by atoms with E-state index >= 15 is 0 Å². The third-order valence-electron chi connectivity index (χ3n) is 3.95. The lowest BCUT2D eigenvalue weighted by molar-refractivity contribution is 0.288. The highest BCUT2D eigenvalue weighted by Gasteiger charge is 2.18. The fourth-order valence-electron chi connectivity index (χ4n) is 2.76. The molecule has 0 aromatic heterocycles. The maximum Gasteiger partial charge on any atom is 0.131 e. The summed E-state index contributed by atoms with van der Waals surface area (Å²) in [7, 11) is 0. The molecular formula is C20H15BrO2. The van der Waals surface area contributed by atoms with Crippen LogP contribution in [0.1, 0.15) is 11.1 Å². The first-order valence-electron chi connectivity index (χ1n) is 7.52. The third-order valence-corrected chi connectivity index (χ3v) is 4.44. The molecule has 3 aromatic rings. The summed E-state index contributed by atoms with van der Waals surface area (Å²) in [6.07, 6.45) is 0. The zero-order valence-electron chi connectivity index (χ0n) is 12.5. The molecule has 0 aliphatic carbocycles. The predicted octanol–water partition coefficient (Wildman–Crippen LogP) is 5.59. The van der Waals surface area contributed by atoms with Gasteiger partial charge in [-0.2, -0.15) is 0 Å². The Hall–Kier alpha value is -2.26. The zero-order chi connectivity index (χ0) is 15.6. The van der Waals surface area contributed by atoms with E-state index in [9.17, 15) is 0 Å². The Morgan fingerprint density at radius 2 is 1.78 bits per heavy atom. The van der Waals surface area contributed by atoms with Gasteiger partial charge in [0, 0.05) is 16.1 Å². The lowest BCUT2D eigenvalue weighted by Gasteiger charge is -2.21. The first-order chi connectivity index (χ1) is 11.3. The molecule has 3 aromatic carbocycles. The largest absolute Gasteiger partial charge is 0.489 e. The summed E-state index contributed by atoms with van der Waals surface area (Å²) in [5.41, 5.74) is 4.69. The van der Waals surface area contributed by atoms with Crippen LogP contribution in [0.25, 0.3) is 11.1 Å². The van der Waals surface area contributed by atoms with Crippen molar-refractivity contribution in [1.82, 2.24) is 0 Å². The molecule has 1 heterocycles. The van der Waals surface area contributed by atoms with Gasteiger partial charge in [0.2, 0.25) is 0 Å². The highest BCUT2D eigenvalue weighted by atomic mass is 79.9. The van der Waals surface area contributed by atoms with Crippen molar-refractivity contribution in [3.63, 3.8) is 0 Å². The number of hydrogen-bond donors (Lipinski definition) is 0. The molecule has 0 atom stereocenters. The van der Waals surface area contributed by atoms with Gasteiger partial charge >= 0.3 is 0 Å². The van der Waals surface area contributed by atoms with Crippen LogP contribution in [0.5, 0.6) is 11.5 Å². The Bertz CT molecular complexity index is 844. The standard InChI is InChI=1S/C20H15BrO2/c21-16-7-6-15-13-23-20-11-17(8-9-18(20)19(15)10-16)22-12-14-4-2-1-3-5-14/h1-11H,12-13H2. The SMILES string of the molecule is Brc1ccc2c(c1)-c1ccc(OCc3ccccc3)cc1OC2. The van der Waals surface area contributed by atoms with Crippen molar-refractivity contribution in [3.8, 4) is 22.6 Å². The van der Waals surface area contributed by atoms with Crippen LogP contribution in [-0.2, 0) is 13.2 Å². The minimum absolute atomic E-state index is 0.557. The lowest BCUT2D eigenvalue weighted by atomic mass is 9.97. The van der Waals surface area contributed by atoms with Crippen LogP contribution in [0, 0.1) is 0 Å². The van der Waals surface area contributed by atoms with E-state index in [1.54, 1.807) is 0 Å². The molecule has 0 radical (unpaired) electrons. The van der Waals surface area contributed by atoms with Crippen LogP contribution in [0.15, 0.2) is 71.2 Å². The van der Waals surface area contributed by atoms with Gasteiger partial charge in [0.25, 0.3) is 0 Å². The van der Waals surface area contributed by atoms with Gasteiger partial charge in [0.1, 0.15) is 24.7 Å². The number of ether oxygens (including phenoxy) is 2. The van der Waals surface area contributed by atoms with Gasteiger partial charge in [-0.15, -0.1) is 0 Å². The topological polar surface area (TPSA) is 18.5 Å². The van der Waals surface area contributed by atoms with Crippen molar-refractivity contribution in [1.29, 1.82) is 0 Å². The van der Waals surface area contributed by atoms with E-state index in [0.717, 1.165) is 27.1 Å². The molecule has 1 aliphatic rings. The number of hydrogen-bond acceptors (Lipinski definition) is 2. The number of rotatable bonds is 3. The highest BCUT2D eigenvalue weighted by molar-refractivity contribution is 9.10. The molecule has 0 spiro atoms. The van der Waals surface area contributed by atoms with Crippen molar-refractivity contribution >= 4 is 15.9 Å². The molecule has 2 nitrogen and oxygen atoms in total. The predicted molar refractivity (Wildman–Crippen MR) is 94.7 cm³/mol. The van der Waals surface area contributed by atoms with Gasteiger partial charge < -0.3 is 9.47 Å². The molecule has 0 unspecified atom stereocenters. The van der Waals surface area contributed by atoms with E-state index in [1.165, 1.54) is 11.1 Å². The van der Waals surface area contributed by atoms with Gasteiger partial charge in [-0.1, -0.05) is 52.3 Å². The van der Waals surface area contributed by atoms with Gasteiger partial charge in [-0.05, 0) is 41.0 Å². The highest BCUT2D eigenvalue weighted by Crippen LogP contribution is 2.40. The van der Waals surface area contributed by atoms with Crippen molar-refractivity contribution in [2.45, 2.75) is 13.2 Å². The Balaban J connectivity index is 1.60. The summed E-state index contributed by atoms with van der Waals surface area (Å²) in [4.78, 5) is 0. The summed E-state index contributed by atoms with van der Waals surface area (Å²) in [5.74, 6) is 1.70. The summed E-state index contributed by atoms with van der Waals surface area (Å²) >= 11 is 3.54. The Labute approximate surface area is 143 Å². The second kappa shape index (κ2) is 6.09. The normalized spacial score (nSPS) is 12.0. The summed E-state index contributed by atoms with van der Waals surface area (Å²) in [5, 5.41) is 0. The molecule has 0 fully saturated rings. The van der Waals surface area contributed by atoms with E-state index in [-0.39, 0.29) is 0 Å². The molecule has 23 heavy (non-hydrogen) atoms. The van der Waals surface area contributed by atoms with Gasteiger partial charge in [-0.25, -0.2) is 0 Å². The van der Waals surface area contributed by atoms with Crippen LogP contribution in [0.2, 0.25) is 0 Å². The van der Waals surface area contributed by atoms with Crippen molar-refractivity contribution in [3.05, 3.63) is 82.3 Å². The molecule has 0 N–H and O–H groups in total. The second-order valence-corrected chi connectivity index (χ2v) is 6.44. The maximum atomic E-state index is 5.89. The molecule has 114 valence electrons. The fourth-order valence-corrected chi connectivity index (χ4v) is 3.12.